The highest BCUT2D eigenvalue weighted by Crippen LogP contribution is 2.33. The van der Waals surface area contributed by atoms with Crippen LogP contribution < -0.4 is 5.32 Å². The molecule has 3 aromatic rings. The van der Waals surface area contributed by atoms with Gasteiger partial charge in [-0.1, -0.05) is 6.07 Å². The third-order valence-corrected chi connectivity index (χ3v) is 5.10. The molecule has 4 rings (SSSR count). The van der Waals surface area contributed by atoms with E-state index in [-0.39, 0.29) is 5.82 Å². The van der Waals surface area contributed by atoms with Gasteiger partial charge in [0.1, 0.15) is 11.6 Å². The first kappa shape index (κ1) is 16.1. The van der Waals surface area contributed by atoms with Gasteiger partial charge in [-0.05, 0) is 67.7 Å². The maximum atomic E-state index is 13.3. The lowest BCUT2D eigenvalue weighted by Gasteiger charge is -2.32. The summed E-state index contributed by atoms with van der Waals surface area (Å²) >= 11 is 0. The van der Waals surface area contributed by atoms with Gasteiger partial charge in [-0.2, -0.15) is 0 Å². The molecule has 1 saturated heterocycles. The first-order valence-electron chi connectivity index (χ1n) is 8.93. The van der Waals surface area contributed by atoms with Crippen LogP contribution in [0.15, 0.2) is 48.8 Å². The van der Waals surface area contributed by atoms with Crippen LogP contribution in [0.5, 0.6) is 0 Å². The molecule has 25 heavy (non-hydrogen) atoms. The number of H-pyrrole nitrogens is 1. The highest BCUT2D eigenvalue weighted by molar-refractivity contribution is 5.83. The van der Waals surface area contributed by atoms with Crippen molar-refractivity contribution in [3.8, 4) is 0 Å². The average Bonchev–Trinajstić information content (AvgIpc) is 3.06. The van der Waals surface area contributed by atoms with Crippen molar-refractivity contribution in [1.29, 1.82) is 0 Å². The molecule has 0 bridgehead atoms. The zero-order valence-electron chi connectivity index (χ0n) is 14.2. The van der Waals surface area contributed by atoms with Gasteiger partial charge in [0.25, 0.3) is 0 Å². The van der Waals surface area contributed by atoms with Crippen molar-refractivity contribution in [3.05, 3.63) is 60.2 Å². The van der Waals surface area contributed by atoms with Crippen LogP contribution in [0.25, 0.3) is 10.9 Å². The molecule has 0 saturated carbocycles. The molecule has 0 spiro atoms. The van der Waals surface area contributed by atoms with Gasteiger partial charge >= 0.3 is 0 Å². The van der Waals surface area contributed by atoms with Crippen molar-refractivity contribution in [2.75, 3.05) is 31.5 Å². The van der Waals surface area contributed by atoms with Crippen LogP contribution in [0.2, 0.25) is 0 Å². The van der Waals surface area contributed by atoms with E-state index in [1.165, 1.54) is 5.56 Å². The Kier molecular flexibility index (Phi) is 4.65. The number of likely N-dealkylation sites (tertiary alicyclic amines) is 1. The second-order valence-electron chi connectivity index (χ2n) is 6.69. The second kappa shape index (κ2) is 7.23. The molecule has 2 aromatic heterocycles. The summed E-state index contributed by atoms with van der Waals surface area (Å²) in [6, 6.07) is 10.9. The Hall–Kier alpha value is -2.40. The molecule has 1 aromatic carbocycles. The minimum absolute atomic E-state index is 0.184. The van der Waals surface area contributed by atoms with Crippen LogP contribution in [-0.4, -0.2) is 41.0 Å². The number of benzene rings is 1. The summed E-state index contributed by atoms with van der Waals surface area (Å²) in [5, 5.41) is 4.53. The number of anilines is 1. The van der Waals surface area contributed by atoms with E-state index < -0.39 is 0 Å². The molecule has 4 nitrogen and oxygen atoms in total. The van der Waals surface area contributed by atoms with E-state index >= 15 is 0 Å². The minimum atomic E-state index is -0.184. The van der Waals surface area contributed by atoms with Crippen molar-refractivity contribution < 1.29 is 4.39 Å². The predicted molar refractivity (Wildman–Crippen MR) is 99.4 cm³/mol. The highest BCUT2D eigenvalue weighted by atomic mass is 19.1. The lowest BCUT2D eigenvalue weighted by Crippen LogP contribution is -2.36. The van der Waals surface area contributed by atoms with Crippen LogP contribution in [0.1, 0.15) is 24.3 Å². The molecular weight excluding hydrogens is 315 g/mol. The van der Waals surface area contributed by atoms with E-state index in [9.17, 15) is 4.39 Å². The van der Waals surface area contributed by atoms with E-state index in [1.807, 2.05) is 24.3 Å². The molecule has 130 valence electrons. The van der Waals surface area contributed by atoms with Crippen molar-refractivity contribution in [3.63, 3.8) is 0 Å². The fourth-order valence-corrected chi connectivity index (χ4v) is 3.74. The molecule has 0 unspecified atom stereocenters. The number of nitrogens with zero attached hydrogens (tertiary/aromatic N) is 2. The second-order valence-corrected chi connectivity index (χ2v) is 6.69. The Bertz CT molecular complexity index is 822. The first-order valence-corrected chi connectivity index (χ1v) is 8.93. The Morgan fingerprint density at radius 2 is 2.08 bits per heavy atom. The van der Waals surface area contributed by atoms with Crippen molar-refractivity contribution in [2.45, 2.75) is 18.8 Å². The molecule has 0 aliphatic carbocycles. The van der Waals surface area contributed by atoms with Crippen LogP contribution in [0.3, 0.4) is 0 Å². The number of rotatable bonds is 5. The smallest absolute Gasteiger partial charge is 0.125 e. The maximum Gasteiger partial charge on any atom is 0.125 e. The zero-order valence-corrected chi connectivity index (χ0v) is 14.2. The fourth-order valence-electron chi connectivity index (χ4n) is 3.74. The van der Waals surface area contributed by atoms with Gasteiger partial charge in [-0.3, -0.25) is 0 Å². The van der Waals surface area contributed by atoms with Gasteiger partial charge in [0.15, 0.2) is 0 Å². The molecule has 1 aliphatic heterocycles. The topological polar surface area (TPSA) is 44.0 Å². The summed E-state index contributed by atoms with van der Waals surface area (Å²) in [6.07, 6.45) is 6.16. The van der Waals surface area contributed by atoms with Gasteiger partial charge in [-0.15, -0.1) is 0 Å². The summed E-state index contributed by atoms with van der Waals surface area (Å²) in [6.45, 7) is 4.14. The summed E-state index contributed by atoms with van der Waals surface area (Å²) in [5.41, 5.74) is 2.23. The van der Waals surface area contributed by atoms with Crippen molar-refractivity contribution in [2.24, 2.45) is 0 Å². The quantitative estimate of drug-likeness (QED) is 0.739. The summed E-state index contributed by atoms with van der Waals surface area (Å²) < 4.78 is 13.3. The third kappa shape index (κ3) is 3.66. The molecule has 0 atom stereocenters. The van der Waals surface area contributed by atoms with Crippen LogP contribution in [-0.2, 0) is 0 Å². The highest BCUT2D eigenvalue weighted by Gasteiger charge is 2.22. The van der Waals surface area contributed by atoms with Gasteiger partial charge in [0.2, 0.25) is 0 Å². The summed E-state index contributed by atoms with van der Waals surface area (Å²) in [7, 11) is 0. The van der Waals surface area contributed by atoms with Gasteiger partial charge in [0.05, 0.1) is 0 Å². The summed E-state index contributed by atoms with van der Waals surface area (Å²) in [4.78, 5) is 10.0. The van der Waals surface area contributed by atoms with E-state index in [0.717, 1.165) is 55.7 Å². The normalized spacial score (nSPS) is 16.4. The zero-order chi connectivity index (χ0) is 17.1. The molecule has 0 amide bonds. The number of piperidine rings is 1. The van der Waals surface area contributed by atoms with E-state index in [2.05, 4.69) is 26.4 Å². The molecule has 5 heteroatoms. The SMILES string of the molecule is Fc1ccc2c(C3CCN(CCNc4ccccn4)CC3)c[nH]c2c1. The van der Waals surface area contributed by atoms with Gasteiger partial charge in [-0.25, -0.2) is 9.37 Å². The Labute approximate surface area is 147 Å². The minimum Gasteiger partial charge on any atom is -0.369 e. The predicted octanol–water partition coefficient (Wildman–Crippen LogP) is 3.99. The summed E-state index contributed by atoms with van der Waals surface area (Å²) in [5.74, 6) is 1.30. The lowest BCUT2D eigenvalue weighted by molar-refractivity contribution is 0.220. The van der Waals surface area contributed by atoms with E-state index in [1.54, 1.807) is 18.3 Å². The van der Waals surface area contributed by atoms with E-state index in [0.29, 0.717) is 5.92 Å². The van der Waals surface area contributed by atoms with E-state index in [4.69, 9.17) is 0 Å². The number of pyridine rings is 1. The number of hydrogen-bond donors (Lipinski definition) is 2. The molecule has 3 heterocycles. The maximum absolute atomic E-state index is 13.3. The molecule has 1 aliphatic rings. The van der Waals surface area contributed by atoms with Crippen molar-refractivity contribution in [1.82, 2.24) is 14.9 Å². The Morgan fingerprint density at radius 3 is 2.88 bits per heavy atom. The van der Waals surface area contributed by atoms with Crippen LogP contribution in [0, 0.1) is 5.82 Å². The molecule has 1 fully saturated rings. The number of fused-ring (bicyclic) bond motifs is 1. The molecular formula is C20H23FN4. The Balaban J connectivity index is 1.30. The van der Waals surface area contributed by atoms with Gasteiger partial charge in [0, 0.05) is 36.4 Å². The Morgan fingerprint density at radius 1 is 1.20 bits per heavy atom. The number of aromatic amines is 1. The third-order valence-electron chi connectivity index (χ3n) is 5.10. The molecule has 2 N–H and O–H groups in total. The number of aromatic nitrogens is 2. The first-order chi connectivity index (χ1) is 12.3. The fraction of sp³-hybridized carbons (Fsp3) is 0.350. The van der Waals surface area contributed by atoms with Crippen LogP contribution >= 0.6 is 0 Å². The molecule has 0 radical (unpaired) electrons. The van der Waals surface area contributed by atoms with Gasteiger partial charge < -0.3 is 15.2 Å². The van der Waals surface area contributed by atoms with Crippen LogP contribution in [0.4, 0.5) is 10.2 Å². The standard InChI is InChI=1S/C20H23FN4/c21-16-4-5-17-18(14-24-19(17)13-16)15-6-10-25(11-7-15)12-9-23-20-3-1-2-8-22-20/h1-5,8,13-15,24H,6-7,9-12H2,(H,22,23). The number of halogens is 1. The largest absolute Gasteiger partial charge is 0.369 e. The number of hydrogen-bond acceptors (Lipinski definition) is 3. The average molecular weight is 338 g/mol. The number of nitrogens with one attached hydrogen (secondary N) is 2. The lowest BCUT2D eigenvalue weighted by atomic mass is 9.89. The van der Waals surface area contributed by atoms with Crippen molar-refractivity contribution >= 4 is 16.7 Å². The monoisotopic (exact) mass is 338 g/mol.